The van der Waals surface area contributed by atoms with E-state index in [1.807, 2.05) is 30.3 Å². The van der Waals surface area contributed by atoms with Crippen LogP contribution >= 0.6 is 0 Å². The molecule has 0 radical (unpaired) electrons. The van der Waals surface area contributed by atoms with Crippen LogP contribution in [-0.2, 0) is 9.53 Å². The lowest BCUT2D eigenvalue weighted by Gasteiger charge is -2.31. The number of methoxy groups -OCH3 is 1. The zero-order chi connectivity index (χ0) is 20.4. The molecule has 6 heteroatoms. The van der Waals surface area contributed by atoms with Crippen LogP contribution in [0, 0.1) is 11.7 Å². The highest BCUT2D eigenvalue weighted by molar-refractivity contribution is 5.81. The van der Waals surface area contributed by atoms with Gasteiger partial charge in [0.05, 0.1) is 11.0 Å². The molecule has 1 aliphatic carbocycles. The van der Waals surface area contributed by atoms with Crippen molar-refractivity contribution in [3.8, 4) is 0 Å². The monoisotopic (exact) mass is 396 g/mol. The van der Waals surface area contributed by atoms with E-state index in [0.717, 1.165) is 37.7 Å². The van der Waals surface area contributed by atoms with Crippen LogP contribution in [0.2, 0.25) is 0 Å². The molecule has 29 heavy (non-hydrogen) atoms. The van der Waals surface area contributed by atoms with Gasteiger partial charge >= 0.3 is 5.97 Å². The Bertz CT molecular complexity index is 996. The van der Waals surface area contributed by atoms with E-state index in [1.54, 1.807) is 17.7 Å². The summed E-state index contributed by atoms with van der Waals surface area (Å²) in [4.78, 5) is 17.1. The summed E-state index contributed by atoms with van der Waals surface area (Å²) in [5.74, 6) is -0.774. The van der Waals surface area contributed by atoms with Gasteiger partial charge in [-0.15, -0.1) is 0 Å². The molecule has 0 amide bonds. The molecule has 0 aliphatic heterocycles. The van der Waals surface area contributed by atoms with Gasteiger partial charge in [-0.05, 0) is 36.5 Å². The molecule has 0 bridgehead atoms. The molecule has 1 heterocycles. The number of benzene rings is 2. The standard InChI is InChI=1S/C23H25FN2O3/c1-29-21(16-10-6-3-7-11-16)22-25-18-14-17(24)12-13-19(18)26(22)20(23(27)28)15-8-4-2-5-9-15/h3,6-7,10-15,20-21H,2,4-5,8-9H2,1H3,(H,27,28). The van der Waals surface area contributed by atoms with Gasteiger partial charge in [0.1, 0.15) is 23.8 Å². The molecular formula is C23H25FN2O3. The number of nitrogens with zero attached hydrogens (tertiary/aromatic N) is 2. The van der Waals surface area contributed by atoms with Crippen LogP contribution in [-0.4, -0.2) is 27.7 Å². The van der Waals surface area contributed by atoms with Crippen molar-refractivity contribution in [3.05, 3.63) is 65.7 Å². The van der Waals surface area contributed by atoms with Crippen molar-refractivity contribution in [1.29, 1.82) is 0 Å². The van der Waals surface area contributed by atoms with Crippen molar-refractivity contribution >= 4 is 17.0 Å². The first-order chi connectivity index (χ1) is 14.1. The summed E-state index contributed by atoms with van der Waals surface area (Å²) in [5, 5.41) is 10.2. The Kier molecular flexibility index (Phi) is 5.62. The van der Waals surface area contributed by atoms with E-state index in [-0.39, 0.29) is 5.92 Å². The van der Waals surface area contributed by atoms with Gasteiger partial charge in [-0.25, -0.2) is 14.2 Å². The summed E-state index contributed by atoms with van der Waals surface area (Å²) in [5.41, 5.74) is 1.94. The largest absolute Gasteiger partial charge is 0.480 e. The minimum Gasteiger partial charge on any atom is -0.480 e. The van der Waals surface area contributed by atoms with Crippen molar-refractivity contribution in [2.75, 3.05) is 7.11 Å². The number of halogens is 1. The van der Waals surface area contributed by atoms with Gasteiger partial charge in [0.25, 0.3) is 0 Å². The van der Waals surface area contributed by atoms with E-state index in [4.69, 9.17) is 4.74 Å². The van der Waals surface area contributed by atoms with Crippen molar-refractivity contribution < 1.29 is 19.0 Å². The number of hydrogen-bond acceptors (Lipinski definition) is 3. The Labute approximate surface area is 169 Å². The summed E-state index contributed by atoms with van der Waals surface area (Å²) >= 11 is 0. The van der Waals surface area contributed by atoms with Gasteiger partial charge in [-0.1, -0.05) is 49.6 Å². The second-order valence-corrected chi connectivity index (χ2v) is 7.68. The number of carboxylic acids is 1. The predicted molar refractivity (Wildman–Crippen MR) is 108 cm³/mol. The Morgan fingerprint density at radius 2 is 1.90 bits per heavy atom. The molecule has 4 rings (SSSR count). The van der Waals surface area contributed by atoms with Crippen molar-refractivity contribution in [2.45, 2.75) is 44.2 Å². The highest BCUT2D eigenvalue weighted by Gasteiger charge is 2.36. The predicted octanol–water partition coefficient (Wildman–Crippen LogP) is 5.12. The van der Waals surface area contributed by atoms with Gasteiger partial charge in [0.2, 0.25) is 0 Å². The molecule has 0 spiro atoms. The van der Waals surface area contributed by atoms with Crippen LogP contribution in [0.4, 0.5) is 4.39 Å². The number of aromatic nitrogens is 2. The Morgan fingerprint density at radius 3 is 2.55 bits per heavy atom. The fourth-order valence-corrected chi connectivity index (χ4v) is 4.56. The van der Waals surface area contributed by atoms with Gasteiger partial charge in [0, 0.05) is 13.2 Å². The number of carboxylic acid groups (broad SMARTS) is 1. The number of ether oxygens (including phenoxy) is 1. The maximum atomic E-state index is 13.9. The third kappa shape index (κ3) is 3.77. The van der Waals surface area contributed by atoms with Crippen molar-refractivity contribution in [1.82, 2.24) is 9.55 Å². The summed E-state index contributed by atoms with van der Waals surface area (Å²) in [6.07, 6.45) is 4.36. The van der Waals surface area contributed by atoms with E-state index in [0.29, 0.717) is 16.9 Å². The first-order valence-corrected chi connectivity index (χ1v) is 10.1. The molecule has 2 aromatic carbocycles. The molecule has 152 valence electrons. The number of rotatable bonds is 6. The fourth-order valence-electron chi connectivity index (χ4n) is 4.56. The zero-order valence-corrected chi connectivity index (χ0v) is 16.4. The van der Waals surface area contributed by atoms with Crippen LogP contribution in [0.25, 0.3) is 11.0 Å². The average molecular weight is 396 g/mol. The van der Waals surface area contributed by atoms with Gasteiger partial charge < -0.3 is 14.4 Å². The quantitative estimate of drug-likeness (QED) is 0.628. The second-order valence-electron chi connectivity index (χ2n) is 7.68. The normalized spacial score (nSPS) is 17.3. The molecule has 1 fully saturated rings. The van der Waals surface area contributed by atoms with E-state index in [1.165, 1.54) is 12.1 Å². The van der Waals surface area contributed by atoms with Gasteiger partial charge in [0.15, 0.2) is 0 Å². The van der Waals surface area contributed by atoms with Gasteiger partial charge in [-0.2, -0.15) is 0 Å². The van der Waals surface area contributed by atoms with E-state index in [9.17, 15) is 14.3 Å². The molecule has 5 nitrogen and oxygen atoms in total. The van der Waals surface area contributed by atoms with Crippen LogP contribution < -0.4 is 0 Å². The molecule has 1 N–H and O–H groups in total. The Hall–Kier alpha value is -2.73. The topological polar surface area (TPSA) is 64.4 Å². The second kappa shape index (κ2) is 8.33. The Morgan fingerprint density at radius 1 is 1.17 bits per heavy atom. The Balaban J connectivity index is 1.92. The molecule has 3 aromatic rings. The van der Waals surface area contributed by atoms with Crippen LogP contribution in [0.1, 0.15) is 55.6 Å². The zero-order valence-electron chi connectivity index (χ0n) is 16.4. The first-order valence-electron chi connectivity index (χ1n) is 10.1. The highest BCUT2D eigenvalue weighted by Crippen LogP contribution is 2.38. The molecule has 2 atom stereocenters. The number of imidazole rings is 1. The number of aliphatic carboxylic acids is 1. The lowest BCUT2D eigenvalue weighted by Crippen LogP contribution is -2.31. The first kappa shape index (κ1) is 19.6. The molecule has 1 aliphatic rings. The van der Waals surface area contributed by atoms with Crippen molar-refractivity contribution in [3.63, 3.8) is 0 Å². The summed E-state index contributed by atoms with van der Waals surface area (Å²) in [6, 6.07) is 13.1. The fraction of sp³-hybridized carbons (Fsp3) is 0.391. The molecule has 0 saturated heterocycles. The smallest absolute Gasteiger partial charge is 0.327 e. The SMILES string of the molecule is COC(c1ccccc1)c1nc2cc(F)ccc2n1C(C(=O)O)C1CCCCC1. The maximum absolute atomic E-state index is 13.9. The lowest BCUT2D eigenvalue weighted by atomic mass is 9.83. The average Bonchev–Trinajstić information content (AvgIpc) is 3.08. The molecule has 1 saturated carbocycles. The highest BCUT2D eigenvalue weighted by atomic mass is 19.1. The molecular weight excluding hydrogens is 371 g/mol. The summed E-state index contributed by atoms with van der Waals surface area (Å²) < 4.78 is 21.4. The van der Waals surface area contributed by atoms with E-state index in [2.05, 4.69) is 4.98 Å². The van der Waals surface area contributed by atoms with Crippen LogP contribution in [0.15, 0.2) is 48.5 Å². The minimum atomic E-state index is -0.885. The number of fused-ring (bicyclic) bond motifs is 1. The lowest BCUT2D eigenvalue weighted by molar-refractivity contribution is -0.143. The van der Waals surface area contributed by atoms with Crippen molar-refractivity contribution in [2.24, 2.45) is 5.92 Å². The number of hydrogen-bond donors (Lipinski definition) is 1. The third-order valence-electron chi connectivity index (χ3n) is 5.88. The maximum Gasteiger partial charge on any atom is 0.327 e. The van der Waals surface area contributed by atoms with Crippen LogP contribution in [0.3, 0.4) is 0 Å². The number of carbonyl (C=O) groups is 1. The molecule has 1 aromatic heterocycles. The summed E-state index contributed by atoms with van der Waals surface area (Å²) in [6.45, 7) is 0. The van der Waals surface area contributed by atoms with Crippen LogP contribution in [0.5, 0.6) is 0 Å². The molecule has 2 unspecified atom stereocenters. The van der Waals surface area contributed by atoms with Gasteiger partial charge in [-0.3, -0.25) is 0 Å². The minimum absolute atomic E-state index is 0.00994. The summed E-state index contributed by atoms with van der Waals surface area (Å²) in [7, 11) is 1.58. The third-order valence-corrected chi connectivity index (χ3v) is 5.88. The van der Waals surface area contributed by atoms with E-state index < -0.39 is 23.9 Å². The van der Waals surface area contributed by atoms with E-state index >= 15 is 0 Å².